The van der Waals surface area contributed by atoms with E-state index in [-0.39, 0.29) is 13.0 Å². The lowest BCUT2D eigenvalue weighted by Gasteiger charge is -2.36. The van der Waals surface area contributed by atoms with Crippen LogP contribution in [0, 0.1) is 5.41 Å². The number of benzene rings is 2. The molecule has 8 nitrogen and oxygen atoms in total. The van der Waals surface area contributed by atoms with Gasteiger partial charge >= 0.3 is 0 Å². The van der Waals surface area contributed by atoms with Crippen LogP contribution in [0.15, 0.2) is 67.5 Å². The van der Waals surface area contributed by atoms with E-state index in [1.54, 1.807) is 23.4 Å². The van der Waals surface area contributed by atoms with Crippen molar-refractivity contribution in [3.63, 3.8) is 0 Å². The number of piperidine rings is 1. The highest BCUT2D eigenvalue weighted by Crippen LogP contribution is 2.40. The fourth-order valence-electron chi connectivity index (χ4n) is 6.35. The van der Waals surface area contributed by atoms with Gasteiger partial charge < -0.3 is 14.9 Å². The molecule has 1 saturated heterocycles. The van der Waals surface area contributed by atoms with E-state index in [0.29, 0.717) is 43.7 Å². The molecule has 5 aromatic rings. The molecular formula is C33H35Cl2FN8. The summed E-state index contributed by atoms with van der Waals surface area (Å²) < 4.78 is 18.0. The quantitative estimate of drug-likeness (QED) is 0.184. The molecule has 3 aromatic heterocycles. The molecule has 0 bridgehead atoms. The van der Waals surface area contributed by atoms with Crippen molar-refractivity contribution in [3.8, 4) is 11.1 Å². The standard InChI is InChI=1S/C33H35Cl2FN8/c1-20(40-32-37-10-11-38-32)31(30-27-14-23(36)17-43(27)19-39-30)44-18-25-26(34)15-24(28(35)29(25)41-44)22-6-4-21(5-7-22)16-42-12-8-33(2,3)9-13-42/h4-7,10-11,15,18-19,23,31H,1,8-9,12-14,16-17H2,2-3H3,(H2,37,38,40)/t23-,31?/m1/s1. The Kier molecular flexibility index (Phi) is 7.51. The maximum absolute atomic E-state index is 14.4. The molecule has 7 rings (SSSR count). The van der Waals surface area contributed by atoms with Gasteiger partial charge in [0.05, 0.1) is 28.6 Å². The number of hydrogen-bond acceptors (Lipinski definition) is 5. The first kappa shape index (κ1) is 29.1. The monoisotopic (exact) mass is 632 g/mol. The average Bonchev–Trinajstić information content (AvgIpc) is 3.79. The van der Waals surface area contributed by atoms with E-state index < -0.39 is 12.2 Å². The molecule has 5 heterocycles. The molecule has 1 fully saturated rings. The first-order valence-corrected chi connectivity index (χ1v) is 15.7. The van der Waals surface area contributed by atoms with E-state index in [4.69, 9.17) is 28.3 Å². The third kappa shape index (κ3) is 5.53. The highest BCUT2D eigenvalue weighted by atomic mass is 35.5. The van der Waals surface area contributed by atoms with Gasteiger partial charge in [0.25, 0.3) is 0 Å². The number of aromatic amines is 1. The van der Waals surface area contributed by atoms with Crippen LogP contribution in [-0.2, 0) is 19.5 Å². The number of alkyl halides is 1. The summed E-state index contributed by atoms with van der Waals surface area (Å²) in [5.41, 5.74) is 6.11. The summed E-state index contributed by atoms with van der Waals surface area (Å²) in [5.74, 6) is 0.529. The number of likely N-dealkylation sites (tertiary alicyclic amines) is 1. The Morgan fingerprint density at radius 2 is 1.95 bits per heavy atom. The van der Waals surface area contributed by atoms with Gasteiger partial charge in [0.15, 0.2) is 0 Å². The van der Waals surface area contributed by atoms with Crippen molar-refractivity contribution in [1.29, 1.82) is 0 Å². The molecular weight excluding hydrogens is 598 g/mol. The molecule has 44 heavy (non-hydrogen) atoms. The van der Waals surface area contributed by atoms with Gasteiger partial charge in [0.1, 0.15) is 17.7 Å². The maximum atomic E-state index is 14.4. The first-order chi connectivity index (χ1) is 21.1. The van der Waals surface area contributed by atoms with Gasteiger partial charge in [-0.25, -0.2) is 14.4 Å². The first-order valence-electron chi connectivity index (χ1n) is 15.0. The van der Waals surface area contributed by atoms with E-state index in [0.717, 1.165) is 36.5 Å². The van der Waals surface area contributed by atoms with Crippen LogP contribution in [0.4, 0.5) is 10.3 Å². The molecule has 0 aliphatic carbocycles. The van der Waals surface area contributed by atoms with Crippen molar-refractivity contribution in [3.05, 3.63) is 94.5 Å². The smallest absolute Gasteiger partial charge is 0.204 e. The van der Waals surface area contributed by atoms with Crippen LogP contribution in [-0.4, -0.2) is 53.5 Å². The molecule has 0 spiro atoms. The highest BCUT2D eigenvalue weighted by Gasteiger charge is 2.32. The number of halogens is 3. The third-order valence-corrected chi connectivity index (χ3v) is 9.70. The molecule has 1 unspecified atom stereocenters. The molecule has 11 heteroatoms. The fourth-order valence-corrected chi connectivity index (χ4v) is 6.90. The number of rotatable bonds is 8. The number of hydrogen-bond donors (Lipinski definition) is 2. The van der Waals surface area contributed by atoms with Crippen molar-refractivity contribution < 1.29 is 4.39 Å². The molecule has 2 aliphatic rings. The summed E-state index contributed by atoms with van der Waals surface area (Å²) in [6.45, 7) is 12.5. The van der Waals surface area contributed by atoms with Crippen LogP contribution in [0.25, 0.3) is 22.0 Å². The lowest BCUT2D eigenvalue weighted by atomic mass is 9.82. The second-order valence-electron chi connectivity index (χ2n) is 12.7. The van der Waals surface area contributed by atoms with Crippen molar-refractivity contribution >= 4 is 40.1 Å². The van der Waals surface area contributed by atoms with Gasteiger partial charge in [-0.3, -0.25) is 9.58 Å². The minimum Gasteiger partial charge on any atom is -0.331 e. The van der Waals surface area contributed by atoms with Crippen molar-refractivity contribution in [2.75, 3.05) is 18.4 Å². The van der Waals surface area contributed by atoms with Crippen molar-refractivity contribution in [1.82, 2.24) is 34.2 Å². The Hall–Kier alpha value is -3.66. The predicted molar refractivity (Wildman–Crippen MR) is 174 cm³/mol. The topological polar surface area (TPSA) is 79.6 Å². The van der Waals surface area contributed by atoms with Crippen LogP contribution in [0.2, 0.25) is 10.0 Å². The molecule has 0 radical (unpaired) electrons. The van der Waals surface area contributed by atoms with E-state index in [2.05, 4.69) is 69.9 Å². The molecule has 0 saturated carbocycles. The Morgan fingerprint density at radius 3 is 2.68 bits per heavy atom. The second-order valence-corrected chi connectivity index (χ2v) is 13.5. The van der Waals surface area contributed by atoms with Crippen molar-refractivity contribution in [2.24, 2.45) is 5.41 Å². The Labute approximate surface area is 265 Å². The van der Waals surface area contributed by atoms with Gasteiger partial charge in [-0.1, -0.05) is 67.9 Å². The zero-order chi connectivity index (χ0) is 30.6. The maximum Gasteiger partial charge on any atom is 0.204 e. The Balaban J connectivity index is 1.21. The van der Waals surface area contributed by atoms with E-state index in [1.165, 1.54) is 18.4 Å². The number of nitrogens with zero attached hydrogens (tertiary/aromatic N) is 6. The number of aromatic nitrogens is 6. The normalized spacial score (nSPS) is 18.9. The lowest BCUT2D eigenvalue weighted by molar-refractivity contribution is 0.127. The summed E-state index contributed by atoms with van der Waals surface area (Å²) in [4.78, 5) is 14.5. The third-order valence-electron chi connectivity index (χ3n) is 9.00. The van der Waals surface area contributed by atoms with Gasteiger partial charge in [-0.2, -0.15) is 5.10 Å². The van der Waals surface area contributed by atoms with E-state index >= 15 is 0 Å². The zero-order valence-electron chi connectivity index (χ0n) is 24.8. The molecule has 2 N–H and O–H groups in total. The minimum absolute atomic E-state index is 0.276. The van der Waals surface area contributed by atoms with Crippen LogP contribution < -0.4 is 5.32 Å². The van der Waals surface area contributed by atoms with Gasteiger partial charge in [0.2, 0.25) is 5.95 Å². The summed E-state index contributed by atoms with van der Waals surface area (Å²) in [7, 11) is 0. The zero-order valence-corrected chi connectivity index (χ0v) is 26.3. The largest absolute Gasteiger partial charge is 0.331 e. The highest BCUT2D eigenvalue weighted by molar-refractivity contribution is 6.42. The number of nitrogens with one attached hydrogen (secondary N) is 2. The van der Waals surface area contributed by atoms with Gasteiger partial charge in [-0.15, -0.1) is 0 Å². The van der Waals surface area contributed by atoms with E-state index in [9.17, 15) is 4.39 Å². The minimum atomic E-state index is -0.958. The van der Waals surface area contributed by atoms with Crippen molar-refractivity contribution in [2.45, 2.75) is 58.4 Å². The molecule has 0 amide bonds. The second kappa shape index (κ2) is 11.4. The molecule has 228 valence electrons. The molecule has 2 aliphatic heterocycles. The number of fused-ring (bicyclic) bond motifs is 2. The number of allylic oxidation sites excluding steroid dienone is 1. The van der Waals surface area contributed by atoms with Crippen LogP contribution >= 0.6 is 23.2 Å². The number of H-pyrrole nitrogens is 1. The summed E-state index contributed by atoms with van der Waals surface area (Å²) in [6, 6.07) is 9.86. The van der Waals surface area contributed by atoms with Crippen LogP contribution in [0.5, 0.6) is 0 Å². The summed E-state index contributed by atoms with van der Waals surface area (Å²) in [6.07, 6.45) is 8.65. The summed E-state index contributed by atoms with van der Waals surface area (Å²) >= 11 is 13.9. The van der Waals surface area contributed by atoms with Crippen LogP contribution in [0.1, 0.15) is 49.7 Å². The molecule has 2 aromatic carbocycles. The predicted octanol–water partition coefficient (Wildman–Crippen LogP) is 7.66. The Morgan fingerprint density at radius 1 is 1.18 bits per heavy atom. The van der Waals surface area contributed by atoms with E-state index in [1.807, 2.05) is 16.8 Å². The van der Waals surface area contributed by atoms with Gasteiger partial charge in [-0.05, 0) is 48.5 Å². The van der Waals surface area contributed by atoms with Gasteiger partial charge in [0, 0.05) is 53.9 Å². The van der Waals surface area contributed by atoms with Crippen LogP contribution in [0.3, 0.4) is 0 Å². The lowest BCUT2D eigenvalue weighted by Crippen LogP contribution is -2.36. The molecule has 2 atom stereocenters. The number of imidazole rings is 2. The summed E-state index contributed by atoms with van der Waals surface area (Å²) in [5, 5.41) is 9.92. The Bertz CT molecular complexity index is 1810. The number of anilines is 1. The SMILES string of the molecule is C=C(Nc1ncc[nH]1)C(c1ncn2c1C[C@@H](F)C2)n1cc2c(Cl)cc(-c3ccc(CN4CCC(C)(C)CC4)cc3)c(Cl)c2n1. The average molecular weight is 634 g/mol. The fraction of sp³-hybridized carbons (Fsp3) is 0.364.